The molecule has 0 amide bonds. The molecule has 0 radical (unpaired) electrons. The number of nitrogens with one attached hydrogen (secondary N) is 1. The minimum atomic E-state index is -0.336. The first-order valence-corrected chi connectivity index (χ1v) is 10.8. The maximum Gasteiger partial charge on any atom is 0.228 e. The van der Waals surface area contributed by atoms with E-state index in [1.807, 2.05) is 36.7 Å². The van der Waals surface area contributed by atoms with Gasteiger partial charge in [0.05, 0.1) is 29.6 Å². The van der Waals surface area contributed by atoms with Crippen molar-refractivity contribution < 1.29 is 9.84 Å². The highest BCUT2D eigenvalue weighted by Gasteiger charge is 2.35. The van der Waals surface area contributed by atoms with E-state index in [1.165, 1.54) is 0 Å². The van der Waals surface area contributed by atoms with Crippen LogP contribution in [0, 0.1) is 18.3 Å². The number of aromatic nitrogens is 4. The molecule has 4 rings (SSSR count). The van der Waals surface area contributed by atoms with Gasteiger partial charge in [0.15, 0.2) is 0 Å². The van der Waals surface area contributed by atoms with Gasteiger partial charge in [-0.15, -0.1) is 0 Å². The zero-order chi connectivity index (χ0) is 22.7. The number of aliphatic hydroxyl groups excluding tert-OH is 1. The molecule has 0 saturated heterocycles. The fourth-order valence-electron chi connectivity index (χ4n) is 4.30. The molecule has 2 heterocycles. The number of benzene rings is 1. The average molecular weight is 467 g/mol. The van der Waals surface area contributed by atoms with Gasteiger partial charge in [-0.2, -0.15) is 23.9 Å². The first-order valence-electron chi connectivity index (χ1n) is 10.8. The Bertz CT molecular complexity index is 1170. The predicted molar refractivity (Wildman–Crippen MR) is 132 cm³/mol. The fraction of sp³-hybridized carbons (Fsp3) is 0.417. The third-order valence-corrected chi connectivity index (χ3v) is 6.11. The topological polar surface area (TPSA) is 109 Å². The number of nitriles is 1. The lowest BCUT2D eigenvalue weighted by atomic mass is 9.83. The Hall–Kier alpha value is -2.93. The van der Waals surface area contributed by atoms with Crippen LogP contribution in [-0.2, 0) is 23.1 Å². The highest BCUT2D eigenvalue weighted by Crippen LogP contribution is 2.42. The molecule has 1 aliphatic carbocycles. The van der Waals surface area contributed by atoms with Crippen LogP contribution < -0.4 is 5.32 Å². The van der Waals surface area contributed by atoms with E-state index in [2.05, 4.69) is 27.5 Å². The summed E-state index contributed by atoms with van der Waals surface area (Å²) in [6, 6.07) is 10.1. The molecule has 9 heteroatoms. The molecule has 0 bridgehead atoms. The number of methoxy groups -OCH3 is 1. The van der Waals surface area contributed by atoms with Gasteiger partial charge in [-0.1, -0.05) is 6.92 Å². The van der Waals surface area contributed by atoms with E-state index in [4.69, 9.17) is 9.72 Å². The number of hydrogen-bond donors (Lipinski definition) is 2. The largest absolute Gasteiger partial charge is 0.395 e. The van der Waals surface area contributed by atoms with Crippen LogP contribution in [0.2, 0.25) is 0 Å². The van der Waals surface area contributed by atoms with Gasteiger partial charge in [0.1, 0.15) is 5.82 Å². The number of rotatable bonds is 8. The normalized spacial score (nSPS) is 16.7. The molecule has 0 unspecified atom stereocenters. The summed E-state index contributed by atoms with van der Waals surface area (Å²) in [4.78, 5) is 9.07. The van der Waals surface area contributed by atoms with Crippen molar-refractivity contribution >= 4 is 25.3 Å². The molecule has 1 aromatic carbocycles. The summed E-state index contributed by atoms with van der Waals surface area (Å²) in [6.07, 6.45) is 4.19. The van der Waals surface area contributed by atoms with E-state index in [9.17, 15) is 10.4 Å². The number of nitrogens with zero attached hydrogens (tertiary/aromatic N) is 5. The standard InChI is InChI=1S/C24H28N6O2.H2S/c1-16-11-22(30(29-16)9-4-10-32-3)28-23-26-8-6-21(27-23)17-12-18(14-25)19-5-7-24(2,15-31)20(19)13-17;/h6,8,11-13,31H,4-5,7,9-10,15H2,1-3H3,(H,26,27,28);1H2/t24-;/m0./s1. The molecule has 0 fully saturated rings. The molecule has 33 heavy (non-hydrogen) atoms. The molecule has 8 nitrogen and oxygen atoms in total. The molecule has 0 aliphatic heterocycles. The van der Waals surface area contributed by atoms with Gasteiger partial charge in [-0.3, -0.25) is 0 Å². The van der Waals surface area contributed by atoms with Gasteiger partial charge in [-0.05, 0) is 55.5 Å². The monoisotopic (exact) mass is 466 g/mol. The fourth-order valence-corrected chi connectivity index (χ4v) is 4.30. The molecule has 0 saturated carbocycles. The lowest BCUT2D eigenvalue weighted by Crippen LogP contribution is -2.23. The zero-order valence-corrected chi connectivity index (χ0v) is 20.2. The maximum absolute atomic E-state index is 9.98. The minimum absolute atomic E-state index is 0. The van der Waals surface area contributed by atoms with E-state index in [0.29, 0.717) is 18.1 Å². The van der Waals surface area contributed by atoms with Crippen molar-refractivity contribution in [3.8, 4) is 17.3 Å². The van der Waals surface area contributed by atoms with E-state index in [0.717, 1.165) is 59.7 Å². The van der Waals surface area contributed by atoms with Crippen LogP contribution in [0.1, 0.15) is 42.1 Å². The quantitative estimate of drug-likeness (QED) is 0.488. The third kappa shape index (κ3) is 5.03. The van der Waals surface area contributed by atoms with Crippen LogP contribution in [0.25, 0.3) is 11.3 Å². The Morgan fingerprint density at radius 3 is 2.88 bits per heavy atom. The Labute approximate surface area is 201 Å². The third-order valence-electron chi connectivity index (χ3n) is 6.11. The van der Waals surface area contributed by atoms with Crippen molar-refractivity contribution in [2.75, 3.05) is 25.6 Å². The number of ether oxygens (including phenoxy) is 1. The molecule has 1 atom stereocenters. The first-order chi connectivity index (χ1) is 15.5. The first kappa shape index (κ1) is 24.7. The number of hydrogen-bond acceptors (Lipinski definition) is 7. The Morgan fingerprint density at radius 1 is 1.33 bits per heavy atom. The lowest BCUT2D eigenvalue weighted by molar-refractivity contribution is 0.189. The summed E-state index contributed by atoms with van der Waals surface area (Å²) in [6.45, 7) is 5.43. The second-order valence-corrected chi connectivity index (χ2v) is 8.51. The van der Waals surface area contributed by atoms with Gasteiger partial charge in [0, 0.05) is 43.5 Å². The van der Waals surface area contributed by atoms with Crippen LogP contribution in [-0.4, -0.2) is 45.2 Å². The van der Waals surface area contributed by atoms with E-state index >= 15 is 0 Å². The molecular weight excluding hydrogens is 436 g/mol. The summed E-state index contributed by atoms with van der Waals surface area (Å²) in [7, 11) is 1.69. The highest BCUT2D eigenvalue weighted by molar-refractivity contribution is 7.59. The second kappa shape index (κ2) is 10.3. The molecule has 3 aromatic rings. The average Bonchev–Trinajstić information content (AvgIpc) is 3.33. The summed E-state index contributed by atoms with van der Waals surface area (Å²) >= 11 is 0. The van der Waals surface area contributed by atoms with Crippen LogP contribution in [0.4, 0.5) is 11.8 Å². The van der Waals surface area contributed by atoms with Crippen LogP contribution in [0.3, 0.4) is 0 Å². The lowest BCUT2D eigenvalue weighted by Gasteiger charge is -2.23. The second-order valence-electron chi connectivity index (χ2n) is 8.51. The Balaban J connectivity index is 0.00000306. The van der Waals surface area contributed by atoms with Crippen LogP contribution in [0.15, 0.2) is 30.5 Å². The van der Waals surface area contributed by atoms with Crippen molar-refractivity contribution in [3.05, 3.63) is 52.8 Å². The van der Waals surface area contributed by atoms with Crippen molar-refractivity contribution in [3.63, 3.8) is 0 Å². The SMILES string of the molecule is COCCCn1nc(C)cc1Nc1nccc(-c2cc(C#N)c3c(c2)[C@](C)(CO)CC3)n1.S. The van der Waals surface area contributed by atoms with E-state index in [1.54, 1.807) is 13.3 Å². The zero-order valence-electron chi connectivity index (χ0n) is 19.2. The van der Waals surface area contributed by atoms with Crippen LogP contribution >= 0.6 is 13.5 Å². The number of fused-ring (bicyclic) bond motifs is 1. The van der Waals surface area contributed by atoms with Gasteiger partial charge in [-0.25, -0.2) is 14.6 Å². The summed E-state index contributed by atoms with van der Waals surface area (Å²) < 4.78 is 7.03. The molecule has 2 aromatic heterocycles. The van der Waals surface area contributed by atoms with Crippen molar-refractivity contribution in [2.45, 2.75) is 45.1 Å². The summed E-state index contributed by atoms with van der Waals surface area (Å²) in [5.41, 5.74) is 4.85. The van der Waals surface area contributed by atoms with Gasteiger partial charge in [0.25, 0.3) is 0 Å². The minimum Gasteiger partial charge on any atom is -0.395 e. The van der Waals surface area contributed by atoms with Crippen LogP contribution in [0.5, 0.6) is 0 Å². The Morgan fingerprint density at radius 2 is 2.15 bits per heavy atom. The van der Waals surface area contributed by atoms with Crippen molar-refractivity contribution in [2.24, 2.45) is 0 Å². The van der Waals surface area contributed by atoms with Gasteiger partial charge in [0.2, 0.25) is 5.95 Å². The van der Waals surface area contributed by atoms with Crippen molar-refractivity contribution in [1.82, 2.24) is 19.7 Å². The van der Waals surface area contributed by atoms with E-state index in [-0.39, 0.29) is 25.5 Å². The summed E-state index contributed by atoms with van der Waals surface area (Å²) in [5, 5.41) is 27.5. The molecule has 2 N–H and O–H groups in total. The molecule has 174 valence electrons. The smallest absolute Gasteiger partial charge is 0.228 e. The maximum atomic E-state index is 9.98. The van der Waals surface area contributed by atoms with E-state index < -0.39 is 0 Å². The van der Waals surface area contributed by atoms with Crippen molar-refractivity contribution in [1.29, 1.82) is 5.26 Å². The predicted octanol–water partition coefficient (Wildman–Crippen LogP) is 3.61. The number of anilines is 2. The molecule has 0 spiro atoms. The van der Waals surface area contributed by atoms with Gasteiger partial charge < -0.3 is 15.2 Å². The summed E-state index contributed by atoms with van der Waals surface area (Å²) in [5.74, 6) is 1.27. The number of aliphatic hydroxyl groups is 1. The molecular formula is C24H30N6O2S. The number of aryl methyl sites for hydroxylation is 2. The molecule has 1 aliphatic rings. The van der Waals surface area contributed by atoms with Gasteiger partial charge >= 0.3 is 0 Å². The Kier molecular flexibility index (Phi) is 7.74. The highest BCUT2D eigenvalue weighted by atomic mass is 32.1.